The number of furan rings is 1. The van der Waals surface area contributed by atoms with Crippen LogP contribution >= 0.6 is 0 Å². The Kier molecular flexibility index (Phi) is 6.55. The first-order valence-electron chi connectivity index (χ1n) is 18.0. The number of aromatic nitrogens is 2. The van der Waals surface area contributed by atoms with Crippen molar-refractivity contribution in [3.8, 4) is 78.3 Å². The molecule has 0 amide bonds. The molecule has 0 atom stereocenters. The highest BCUT2D eigenvalue weighted by molar-refractivity contribution is 6.18. The third kappa shape index (κ3) is 4.75. The lowest BCUT2D eigenvalue weighted by molar-refractivity contribution is 0.667. The Hall–Kier alpha value is -7.10. The third-order valence-electron chi connectivity index (χ3n) is 10.6. The molecule has 0 N–H and O–H groups in total. The minimum Gasteiger partial charge on any atom is -0.452 e. The molecule has 0 aliphatic heterocycles. The van der Waals surface area contributed by atoms with Crippen LogP contribution in [0.1, 0.15) is 0 Å². The smallest absolute Gasteiger partial charge is 0.180 e. The summed E-state index contributed by atoms with van der Waals surface area (Å²) >= 11 is 0. The molecule has 0 saturated carbocycles. The van der Waals surface area contributed by atoms with E-state index in [0.717, 1.165) is 55.6 Å². The fourth-order valence-electron chi connectivity index (χ4n) is 8.16. The highest BCUT2D eigenvalue weighted by atomic mass is 16.3. The summed E-state index contributed by atoms with van der Waals surface area (Å²) in [7, 11) is 0. The highest BCUT2D eigenvalue weighted by Crippen LogP contribution is 2.49. The molecule has 11 rings (SSSR count). The highest BCUT2D eigenvalue weighted by Gasteiger charge is 2.23. The molecular formula is C50H30N2O. The Balaban J connectivity index is 1.03. The average molecular weight is 675 g/mol. The van der Waals surface area contributed by atoms with Gasteiger partial charge in [-0.3, -0.25) is 0 Å². The third-order valence-corrected chi connectivity index (χ3v) is 10.6. The van der Waals surface area contributed by atoms with Crippen molar-refractivity contribution in [2.45, 2.75) is 0 Å². The molecule has 2 heterocycles. The molecule has 0 bridgehead atoms. The van der Waals surface area contributed by atoms with Gasteiger partial charge in [0.15, 0.2) is 11.4 Å². The molecule has 2 aromatic heterocycles. The molecule has 1 aliphatic carbocycles. The van der Waals surface area contributed by atoms with E-state index in [0.29, 0.717) is 11.4 Å². The second-order valence-corrected chi connectivity index (χ2v) is 13.7. The maximum absolute atomic E-state index is 6.47. The Morgan fingerprint density at radius 2 is 0.868 bits per heavy atom. The summed E-state index contributed by atoms with van der Waals surface area (Å²) in [6.45, 7) is 0. The van der Waals surface area contributed by atoms with Crippen LogP contribution in [0.15, 0.2) is 186 Å². The van der Waals surface area contributed by atoms with Gasteiger partial charge in [0, 0.05) is 16.5 Å². The quantitative estimate of drug-likeness (QED) is 0.182. The standard InChI is InChI=1S/C50H30N2O/c1-2-12-31(13-3-1)32-14-9-18-36(29-32)47-49-48(44-22-6-7-25-45(44)53-49)52-50(51-47)37-19-10-16-34(30-37)33-15-8-17-35(28-33)38-26-27-43-40-21-5-4-20-39(40)42-24-11-23-41(38)46(42)43/h1-30H. The largest absolute Gasteiger partial charge is 0.452 e. The zero-order chi connectivity index (χ0) is 34.9. The molecule has 1 aliphatic rings. The number of benzene rings is 8. The van der Waals surface area contributed by atoms with Crippen LogP contribution in [0.5, 0.6) is 0 Å². The monoisotopic (exact) mass is 674 g/mol. The molecule has 0 spiro atoms. The molecule has 246 valence electrons. The van der Waals surface area contributed by atoms with E-state index in [2.05, 4.69) is 158 Å². The van der Waals surface area contributed by atoms with Crippen LogP contribution in [0.25, 0.3) is 111 Å². The van der Waals surface area contributed by atoms with Gasteiger partial charge < -0.3 is 4.42 Å². The predicted molar refractivity (Wildman–Crippen MR) is 218 cm³/mol. The Labute approximate surface area is 306 Å². The maximum Gasteiger partial charge on any atom is 0.180 e. The molecule has 53 heavy (non-hydrogen) atoms. The zero-order valence-corrected chi connectivity index (χ0v) is 28.6. The summed E-state index contributed by atoms with van der Waals surface area (Å²) in [6, 6.07) is 64.5. The molecule has 0 radical (unpaired) electrons. The number of nitrogens with zero attached hydrogens (tertiary/aromatic N) is 2. The minimum absolute atomic E-state index is 0.661. The molecule has 8 aromatic carbocycles. The summed E-state index contributed by atoms with van der Waals surface area (Å²) < 4.78 is 6.47. The van der Waals surface area contributed by atoms with E-state index in [9.17, 15) is 0 Å². The molecule has 10 aromatic rings. The maximum atomic E-state index is 6.47. The summed E-state index contributed by atoms with van der Waals surface area (Å²) in [4.78, 5) is 10.4. The van der Waals surface area contributed by atoms with E-state index in [4.69, 9.17) is 14.4 Å². The van der Waals surface area contributed by atoms with Crippen molar-refractivity contribution in [3.05, 3.63) is 182 Å². The molecular weight excluding hydrogens is 645 g/mol. The second kappa shape index (κ2) is 11.7. The summed E-state index contributed by atoms with van der Waals surface area (Å²) in [5.41, 5.74) is 17.2. The van der Waals surface area contributed by atoms with Gasteiger partial charge >= 0.3 is 0 Å². The van der Waals surface area contributed by atoms with E-state index >= 15 is 0 Å². The minimum atomic E-state index is 0.661. The van der Waals surface area contributed by atoms with E-state index in [-0.39, 0.29) is 0 Å². The first kappa shape index (κ1) is 29.6. The van der Waals surface area contributed by atoms with E-state index < -0.39 is 0 Å². The van der Waals surface area contributed by atoms with Gasteiger partial charge in [-0.2, -0.15) is 0 Å². The van der Waals surface area contributed by atoms with Crippen LogP contribution in [-0.2, 0) is 0 Å². The van der Waals surface area contributed by atoms with Crippen LogP contribution in [0.2, 0.25) is 0 Å². The topological polar surface area (TPSA) is 38.9 Å². The first-order valence-corrected chi connectivity index (χ1v) is 18.0. The molecule has 0 fully saturated rings. The fraction of sp³-hybridized carbons (Fsp3) is 0. The van der Waals surface area contributed by atoms with Crippen molar-refractivity contribution in [1.29, 1.82) is 0 Å². The van der Waals surface area contributed by atoms with Crippen molar-refractivity contribution >= 4 is 32.8 Å². The number of hydrogen-bond acceptors (Lipinski definition) is 3. The van der Waals surface area contributed by atoms with Gasteiger partial charge in [0.1, 0.15) is 16.8 Å². The van der Waals surface area contributed by atoms with Crippen molar-refractivity contribution in [2.24, 2.45) is 0 Å². The van der Waals surface area contributed by atoms with Gasteiger partial charge in [-0.25, -0.2) is 9.97 Å². The van der Waals surface area contributed by atoms with Crippen LogP contribution in [0.4, 0.5) is 0 Å². The summed E-state index contributed by atoms with van der Waals surface area (Å²) in [5.74, 6) is 0.661. The molecule has 3 nitrogen and oxygen atoms in total. The predicted octanol–water partition coefficient (Wildman–Crippen LogP) is 13.5. The first-order chi connectivity index (χ1) is 26.3. The fourth-order valence-corrected chi connectivity index (χ4v) is 8.16. The van der Waals surface area contributed by atoms with Crippen molar-refractivity contribution in [2.75, 3.05) is 0 Å². The lowest BCUT2D eigenvalue weighted by Crippen LogP contribution is -1.94. The van der Waals surface area contributed by atoms with Crippen molar-refractivity contribution < 1.29 is 4.42 Å². The zero-order valence-electron chi connectivity index (χ0n) is 28.6. The van der Waals surface area contributed by atoms with E-state index in [1.54, 1.807) is 0 Å². The number of fused-ring (bicyclic) bond motifs is 6. The molecule has 3 heteroatoms. The van der Waals surface area contributed by atoms with Crippen LogP contribution in [0, 0.1) is 0 Å². The van der Waals surface area contributed by atoms with Crippen molar-refractivity contribution in [1.82, 2.24) is 9.97 Å². The summed E-state index contributed by atoms with van der Waals surface area (Å²) in [5, 5.41) is 3.59. The molecule has 0 saturated heterocycles. The van der Waals surface area contributed by atoms with Gasteiger partial charge in [0.05, 0.1) is 0 Å². The molecule has 0 unspecified atom stereocenters. The lowest BCUT2D eigenvalue weighted by Gasteiger charge is -2.12. The Bertz CT molecular complexity index is 3040. The number of hydrogen-bond donors (Lipinski definition) is 0. The van der Waals surface area contributed by atoms with Crippen LogP contribution in [-0.4, -0.2) is 9.97 Å². The van der Waals surface area contributed by atoms with Crippen molar-refractivity contribution in [3.63, 3.8) is 0 Å². The van der Waals surface area contributed by atoms with Crippen LogP contribution < -0.4 is 0 Å². The summed E-state index contributed by atoms with van der Waals surface area (Å²) in [6.07, 6.45) is 0. The normalized spacial score (nSPS) is 11.8. The van der Waals surface area contributed by atoms with Gasteiger partial charge in [-0.1, -0.05) is 152 Å². The van der Waals surface area contributed by atoms with Gasteiger partial charge in [-0.05, 0) is 96.7 Å². The van der Waals surface area contributed by atoms with Crippen LogP contribution in [0.3, 0.4) is 0 Å². The van der Waals surface area contributed by atoms with Gasteiger partial charge in [-0.15, -0.1) is 0 Å². The van der Waals surface area contributed by atoms with E-state index in [1.165, 1.54) is 44.2 Å². The van der Waals surface area contributed by atoms with Gasteiger partial charge in [0.25, 0.3) is 0 Å². The second-order valence-electron chi connectivity index (χ2n) is 13.7. The number of rotatable bonds is 5. The Morgan fingerprint density at radius 1 is 0.340 bits per heavy atom. The Morgan fingerprint density at radius 3 is 1.68 bits per heavy atom. The SMILES string of the molecule is c1ccc(-c2cccc(-c3nc(-c4cccc(-c5cccc(-c6ccc7c8c(cccc68)-c6ccccc6-7)c5)c4)nc4c3oc3ccccc34)c2)cc1. The van der Waals surface area contributed by atoms with E-state index in [1.807, 2.05) is 24.3 Å². The van der Waals surface area contributed by atoms with Gasteiger partial charge in [0.2, 0.25) is 0 Å². The average Bonchev–Trinajstić information content (AvgIpc) is 3.78. The number of para-hydroxylation sites is 1. The lowest BCUT2D eigenvalue weighted by atomic mass is 9.92.